The quantitative estimate of drug-likeness (QED) is 0.803. The highest BCUT2D eigenvalue weighted by atomic mass is 79.9. The molecule has 1 aliphatic rings. The van der Waals surface area contributed by atoms with Crippen molar-refractivity contribution in [3.63, 3.8) is 0 Å². The Morgan fingerprint density at radius 3 is 3.12 bits per heavy atom. The van der Waals surface area contributed by atoms with Crippen molar-refractivity contribution >= 4 is 21.4 Å². The number of imidazole rings is 1. The molecule has 1 aliphatic heterocycles. The number of hydrogen-bond acceptors (Lipinski definition) is 2. The van der Waals surface area contributed by atoms with Crippen molar-refractivity contribution in [2.75, 3.05) is 13.2 Å². The monoisotopic (exact) mass is 280 g/mol. The van der Waals surface area contributed by atoms with Crippen molar-refractivity contribution in [3.05, 3.63) is 34.3 Å². The largest absolute Gasteiger partial charge is 0.381 e. The van der Waals surface area contributed by atoms with Gasteiger partial charge in [-0.15, -0.1) is 0 Å². The maximum Gasteiger partial charge on any atom is 0.132 e. The van der Waals surface area contributed by atoms with Gasteiger partial charge in [-0.25, -0.2) is 4.98 Å². The van der Waals surface area contributed by atoms with Gasteiger partial charge in [0.25, 0.3) is 0 Å². The molecule has 16 heavy (non-hydrogen) atoms. The van der Waals surface area contributed by atoms with Crippen molar-refractivity contribution in [1.29, 1.82) is 0 Å². The number of aromatic nitrogens is 2. The van der Waals surface area contributed by atoms with Gasteiger partial charge in [0.15, 0.2) is 0 Å². The maximum atomic E-state index is 5.43. The predicted octanol–water partition coefficient (Wildman–Crippen LogP) is 2.91. The molecule has 0 N–H and O–H groups in total. The zero-order chi connectivity index (χ0) is 11.1. The molecule has 3 rings (SSSR count). The first kappa shape index (κ1) is 10.3. The van der Waals surface area contributed by atoms with Crippen molar-refractivity contribution in [3.8, 4) is 0 Å². The van der Waals surface area contributed by atoms with Crippen LogP contribution in [0.4, 0.5) is 0 Å². The van der Waals surface area contributed by atoms with Gasteiger partial charge in [-0.1, -0.05) is 6.07 Å². The first-order valence-electron chi connectivity index (χ1n) is 5.47. The second kappa shape index (κ2) is 3.86. The fraction of sp³-hybridized carbons (Fsp3) is 0.417. The second-order valence-electron chi connectivity index (χ2n) is 4.28. The van der Waals surface area contributed by atoms with Crippen LogP contribution in [0.3, 0.4) is 0 Å². The van der Waals surface area contributed by atoms with E-state index in [1.807, 2.05) is 0 Å². The highest BCUT2D eigenvalue weighted by molar-refractivity contribution is 9.10. The lowest BCUT2D eigenvalue weighted by Crippen LogP contribution is -2.03. The van der Waals surface area contributed by atoms with Crippen LogP contribution in [-0.2, 0) is 4.74 Å². The molecule has 0 radical (unpaired) electrons. The summed E-state index contributed by atoms with van der Waals surface area (Å²) in [6.45, 7) is 3.74. The number of aryl methyl sites for hydroxylation is 1. The molecule has 0 amide bonds. The Morgan fingerprint density at radius 2 is 2.38 bits per heavy atom. The predicted molar refractivity (Wildman–Crippen MR) is 65.8 cm³/mol. The number of rotatable bonds is 1. The molecule has 2 aromatic rings. The summed E-state index contributed by atoms with van der Waals surface area (Å²) in [5.74, 6) is 1.55. The van der Waals surface area contributed by atoms with Gasteiger partial charge in [-0.05, 0) is 40.9 Å². The Bertz CT molecular complexity index is 529. The average Bonchev–Trinajstić information content (AvgIpc) is 2.86. The number of pyridine rings is 1. The molecule has 84 valence electrons. The summed E-state index contributed by atoms with van der Waals surface area (Å²) in [6.07, 6.45) is 3.21. The van der Waals surface area contributed by atoms with Crippen LogP contribution in [-0.4, -0.2) is 22.6 Å². The number of halogens is 1. The van der Waals surface area contributed by atoms with Crippen LogP contribution in [0.2, 0.25) is 0 Å². The average molecular weight is 281 g/mol. The molecule has 3 heterocycles. The molecule has 0 bridgehead atoms. The Balaban J connectivity index is 2.19. The van der Waals surface area contributed by atoms with Crippen LogP contribution in [0.15, 0.2) is 22.9 Å². The van der Waals surface area contributed by atoms with Crippen LogP contribution >= 0.6 is 15.9 Å². The zero-order valence-corrected chi connectivity index (χ0v) is 10.7. The number of hydrogen-bond donors (Lipinski definition) is 0. The van der Waals surface area contributed by atoms with E-state index in [0.29, 0.717) is 5.92 Å². The van der Waals surface area contributed by atoms with E-state index < -0.39 is 0 Å². The van der Waals surface area contributed by atoms with Crippen LogP contribution in [0, 0.1) is 6.92 Å². The molecule has 4 heteroatoms. The van der Waals surface area contributed by atoms with Crippen LogP contribution in [0.25, 0.3) is 5.52 Å². The molecule has 2 aromatic heterocycles. The first-order valence-corrected chi connectivity index (χ1v) is 6.27. The van der Waals surface area contributed by atoms with E-state index in [1.165, 1.54) is 5.56 Å². The lowest BCUT2D eigenvalue weighted by atomic mass is 10.1. The van der Waals surface area contributed by atoms with Crippen molar-refractivity contribution in [1.82, 2.24) is 9.38 Å². The molecule has 1 atom stereocenters. The third-order valence-electron chi connectivity index (χ3n) is 3.06. The van der Waals surface area contributed by atoms with E-state index in [9.17, 15) is 0 Å². The topological polar surface area (TPSA) is 26.5 Å². The summed E-state index contributed by atoms with van der Waals surface area (Å²) < 4.78 is 8.54. The lowest BCUT2D eigenvalue weighted by molar-refractivity contribution is 0.193. The van der Waals surface area contributed by atoms with Gasteiger partial charge in [-0.2, -0.15) is 0 Å². The molecule has 0 spiro atoms. The maximum absolute atomic E-state index is 5.43. The van der Waals surface area contributed by atoms with Crippen LogP contribution in [0.1, 0.15) is 23.7 Å². The molecular weight excluding hydrogens is 268 g/mol. The molecule has 3 nitrogen and oxygen atoms in total. The van der Waals surface area contributed by atoms with Gasteiger partial charge in [0.1, 0.15) is 10.4 Å². The first-order chi connectivity index (χ1) is 7.75. The van der Waals surface area contributed by atoms with E-state index in [-0.39, 0.29) is 0 Å². The van der Waals surface area contributed by atoms with Crippen molar-refractivity contribution in [2.24, 2.45) is 0 Å². The molecule has 1 unspecified atom stereocenters. The van der Waals surface area contributed by atoms with Gasteiger partial charge in [-0.3, -0.25) is 0 Å². The Hall–Kier alpha value is -0.870. The molecule has 0 saturated carbocycles. The molecule has 1 fully saturated rings. The fourth-order valence-electron chi connectivity index (χ4n) is 2.20. The fourth-order valence-corrected chi connectivity index (χ4v) is 2.71. The summed E-state index contributed by atoms with van der Waals surface area (Å²) in [6, 6.07) is 4.21. The Morgan fingerprint density at radius 1 is 1.50 bits per heavy atom. The van der Waals surface area contributed by atoms with E-state index in [2.05, 4.69) is 50.6 Å². The number of fused-ring (bicyclic) bond motifs is 1. The van der Waals surface area contributed by atoms with Crippen LogP contribution in [0.5, 0.6) is 0 Å². The molecule has 0 aromatic carbocycles. The highest BCUT2D eigenvalue weighted by Gasteiger charge is 2.23. The zero-order valence-electron chi connectivity index (χ0n) is 9.11. The standard InChI is InChI=1S/C12H13BrN2O/c1-8-2-3-10-11(13)14-12(15(10)6-8)9-4-5-16-7-9/h2-3,6,9H,4-5,7H2,1H3. The number of ether oxygens (including phenoxy) is 1. The van der Waals surface area contributed by atoms with E-state index in [0.717, 1.165) is 35.6 Å². The minimum absolute atomic E-state index is 0.431. The smallest absolute Gasteiger partial charge is 0.132 e. The highest BCUT2D eigenvalue weighted by Crippen LogP contribution is 2.28. The third kappa shape index (κ3) is 1.57. The summed E-state index contributed by atoms with van der Waals surface area (Å²) in [5.41, 5.74) is 2.38. The van der Waals surface area contributed by atoms with Gasteiger partial charge < -0.3 is 9.14 Å². The van der Waals surface area contributed by atoms with Crippen molar-refractivity contribution < 1.29 is 4.74 Å². The Kier molecular flexibility index (Phi) is 2.48. The van der Waals surface area contributed by atoms with Crippen LogP contribution < -0.4 is 0 Å². The Labute approximate surface area is 103 Å². The summed E-state index contributed by atoms with van der Waals surface area (Å²) in [5, 5.41) is 0. The molecule has 0 aliphatic carbocycles. The third-order valence-corrected chi connectivity index (χ3v) is 3.65. The van der Waals surface area contributed by atoms with E-state index >= 15 is 0 Å². The minimum atomic E-state index is 0.431. The van der Waals surface area contributed by atoms with Gasteiger partial charge in [0.2, 0.25) is 0 Å². The van der Waals surface area contributed by atoms with Gasteiger partial charge in [0, 0.05) is 18.7 Å². The lowest BCUT2D eigenvalue weighted by Gasteiger charge is -2.06. The normalized spacial score (nSPS) is 20.8. The molecule has 1 saturated heterocycles. The van der Waals surface area contributed by atoms with E-state index in [4.69, 9.17) is 4.74 Å². The second-order valence-corrected chi connectivity index (χ2v) is 5.03. The summed E-state index contributed by atoms with van der Waals surface area (Å²) in [7, 11) is 0. The minimum Gasteiger partial charge on any atom is -0.381 e. The summed E-state index contributed by atoms with van der Waals surface area (Å²) >= 11 is 3.52. The number of nitrogens with zero attached hydrogens (tertiary/aromatic N) is 2. The van der Waals surface area contributed by atoms with Gasteiger partial charge >= 0.3 is 0 Å². The molecular formula is C12H13BrN2O. The van der Waals surface area contributed by atoms with Gasteiger partial charge in [0.05, 0.1) is 12.1 Å². The SMILES string of the molecule is Cc1ccc2c(Br)nc(C3CCOC3)n2c1. The van der Waals surface area contributed by atoms with Crippen molar-refractivity contribution in [2.45, 2.75) is 19.3 Å². The van der Waals surface area contributed by atoms with E-state index in [1.54, 1.807) is 0 Å². The summed E-state index contributed by atoms with van der Waals surface area (Å²) in [4.78, 5) is 4.61.